The lowest BCUT2D eigenvalue weighted by Gasteiger charge is -2.09. The number of hydrogen-bond acceptors (Lipinski definition) is 5. The lowest BCUT2D eigenvalue weighted by Crippen LogP contribution is -2.20. The second-order valence-electron chi connectivity index (χ2n) is 6.58. The zero-order valence-corrected chi connectivity index (χ0v) is 17.8. The fourth-order valence-electron chi connectivity index (χ4n) is 2.95. The monoisotopic (exact) mass is 476 g/mol. The molecule has 0 fully saturated rings. The van der Waals surface area contributed by atoms with Gasteiger partial charge in [-0.1, -0.05) is 46.3 Å². The molecule has 7 nitrogen and oxygen atoms in total. The van der Waals surface area contributed by atoms with Gasteiger partial charge >= 0.3 is 0 Å². The molecule has 2 amide bonds. The van der Waals surface area contributed by atoms with Crippen LogP contribution in [0.4, 0.5) is 11.4 Å². The summed E-state index contributed by atoms with van der Waals surface area (Å²) in [7, 11) is 0. The number of rotatable bonds is 6. The Morgan fingerprint density at radius 1 is 1.06 bits per heavy atom. The SMILES string of the molecule is O=C(COc1ccccc1/C=N\N=C1/C(=O)Nc2ccc(Br)cc21)Nc1ccccc1. The van der Waals surface area contributed by atoms with E-state index in [1.165, 1.54) is 6.21 Å². The van der Waals surface area contributed by atoms with E-state index in [1.54, 1.807) is 36.4 Å². The number of carbonyl (C=O) groups is 2. The van der Waals surface area contributed by atoms with E-state index in [0.29, 0.717) is 28.3 Å². The standard InChI is InChI=1S/C23H17BrN4O3/c24-16-10-11-19-18(12-16)22(23(30)27-19)28-25-13-15-6-4-5-9-20(15)31-14-21(29)26-17-7-2-1-3-8-17/h1-13H,14H2,(H,26,29)(H,27,28,30)/b25-13-. The molecule has 2 N–H and O–H groups in total. The highest BCUT2D eigenvalue weighted by atomic mass is 79.9. The van der Waals surface area contributed by atoms with Crippen molar-refractivity contribution in [2.24, 2.45) is 10.2 Å². The number of fused-ring (bicyclic) bond motifs is 1. The summed E-state index contributed by atoms with van der Waals surface area (Å²) in [6, 6.07) is 21.7. The Bertz CT molecular complexity index is 1190. The topological polar surface area (TPSA) is 92.2 Å². The Morgan fingerprint density at radius 3 is 2.68 bits per heavy atom. The maximum Gasteiger partial charge on any atom is 0.276 e. The number of nitrogens with zero attached hydrogens (tertiary/aromatic N) is 2. The van der Waals surface area contributed by atoms with Crippen molar-refractivity contribution in [1.82, 2.24) is 0 Å². The van der Waals surface area contributed by atoms with Gasteiger partial charge in [0.2, 0.25) is 0 Å². The third-order valence-corrected chi connectivity index (χ3v) is 4.88. The number of carbonyl (C=O) groups excluding carboxylic acids is 2. The van der Waals surface area contributed by atoms with Gasteiger partial charge in [0.25, 0.3) is 11.8 Å². The number of anilines is 2. The molecule has 0 aliphatic carbocycles. The summed E-state index contributed by atoms with van der Waals surface area (Å²) in [6.45, 7) is -0.155. The van der Waals surface area contributed by atoms with Gasteiger partial charge in [0.15, 0.2) is 12.3 Å². The minimum atomic E-state index is -0.313. The van der Waals surface area contributed by atoms with Crippen LogP contribution >= 0.6 is 15.9 Å². The quantitative estimate of drug-likeness (QED) is 0.411. The molecule has 8 heteroatoms. The van der Waals surface area contributed by atoms with Gasteiger partial charge in [-0.05, 0) is 42.5 Å². The highest BCUT2D eigenvalue weighted by Gasteiger charge is 2.26. The first-order valence-corrected chi connectivity index (χ1v) is 10.2. The van der Waals surface area contributed by atoms with E-state index in [-0.39, 0.29) is 24.1 Å². The van der Waals surface area contributed by atoms with Crippen LogP contribution in [0.3, 0.4) is 0 Å². The highest BCUT2D eigenvalue weighted by molar-refractivity contribution is 9.10. The van der Waals surface area contributed by atoms with Crippen molar-refractivity contribution < 1.29 is 14.3 Å². The first-order chi connectivity index (χ1) is 15.1. The number of amides is 2. The number of nitrogens with one attached hydrogen (secondary N) is 2. The second kappa shape index (κ2) is 9.36. The summed E-state index contributed by atoms with van der Waals surface area (Å²) in [4.78, 5) is 24.3. The van der Waals surface area contributed by atoms with Crippen molar-refractivity contribution in [3.8, 4) is 5.75 Å². The molecular formula is C23H17BrN4O3. The summed E-state index contributed by atoms with van der Waals surface area (Å²) in [5.74, 6) is -0.107. The van der Waals surface area contributed by atoms with Crippen molar-refractivity contribution in [3.05, 3.63) is 88.4 Å². The molecule has 0 spiro atoms. The average molecular weight is 477 g/mol. The molecule has 1 aliphatic heterocycles. The van der Waals surface area contributed by atoms with Crippen LogP contribution < -0.4 is 15.4 Å². The lowest BCUT2D eigenvalue weighted by molar-refractivity contribution is -0.118. The molecule has 3 aromatic carbocycles. The number of halogens is 1. The fraction of sp³-hybridized carbons (Fsp3) is 0.0435. The molecule has 3 aromatic rings. The van der Waals surface area contributed by atoms with E-state index in [1.807, 2.05) is 36.4 Å². The van der Waals surface area contributed by atoms with Gasteiger partial charge in [-0.2, -0.15) is 5.10 Å². The molecule has 0 atom stereocenters. The molecule has 0 saturated carbocycles. The van der Waals surface area contributed by atoms with E-state index in [9.17, 15) is 9.59 Å². The Hall–Kier alpha value is -3.78. The molecule has 0 saturated heterocycles. The van der Waals surface area contributed by atoms with Crippen LogP contribution in [0.2, 0.25) is 0 Å². The van der Waals surface area contributed by atoms with E-state index >= 15 is 0 Å². The Morgan fingerprint density at radius 2 is 1.84 bits per heavy atom. The van der Waals surface area contributed by atoms with Gasteiger partial charge in [-0.3, -0.25) is 9.59 Å². The maximum atomic E-state index is 12.2. The molecule has 1 heterocycles. The highest BCUT2D eigenvalue weighted by Crippen LogP contribution is 2.27. The van der Waals surface area contributed by atoms with Crippen LogP contribution in [0, 0.1) is 0 Å². The minimum absolute atomic E-state index is 0.155. The summed E-state index contributed by atoms with van der Waals surface area (Å²) >= 11 is 3.39. The number of para-hydroxylation sites is 2. The largest absolute Gasteiger partial charge is 0.483 e. The summed E-state index contributed by atoms with van der Waals surface area (Å²) in [5.41, 5.74) is 2.93. The smallest absolute Gasteiger partial charge is 0.276 e. The average Bonchev–Trinajstić information content (AvgIpc) is 3.08. The second-order valence-corrected chi connectivity index (χ2v) is 7.49. The maximum absolute atomic E-state index is 12.2. The van der Waals surface area contributed by atoms with Crippen LogP contribution in [0.15, 0.2) is 87.5 Å². The molecule has 1 aliphatic rings. The zero-order valence-electron chi connectivity index (χ0n) is 16.2. The van der Waals surface area contributed by atoms with Crippen molar-refractivity contribution in [2.75, 3.05) is 17.2 Å². The van der Waals surface area contributed by atoms with Crippen LogP contribution in [0.5, 0.6) is 5.75 Å². The van der Waals surface area contributed by atoms with Gasteiger partial charge in [0, 0.05) is 21.3 Å². The van der Waals surface area contributed by atoms with Crippen LogP contribution in [0.1, 0.15) is 11.1 Å². The first kappa shape index (κ1) is 20.5. The van der Waals surface area contributed by atoms with Gasteiger partial charge in [-0.15, -0.1) is 5.10 Å². The predicted octanol–water partition coefficient (Wildman–Crippen LogP) is 4.24. The Kier molecular flexibility index (Phi) is 6.18. The van der Waals surface area contributed by atoms with E-state index in [2.05, 4.69) is 36.8 Å². The number of benzene rings is 3. The van der Waals surface area contributed by atoms with Gasteiger partial charge in [0.1, 0.15) is 5.75 Å². The number of hydrogen-bond donors (Lipinski definition) is 2. The zero-order chi connectivity index (χ0) is 21.6. The summed E-state index contributed by atoms with van der Waals surface area (Å²) < 4.78 is 6.49. The van der Waals surface area contributed by atoms with E-state index in [0.717, 1.165) is 4.47 Å². The van der Waals surface area contributed by atoms with E-state index < -0.39 is 0 Å². The molecule has 154 valence electrons. The minimum Gasteiger partial charge on any atom is -0.483 e. The fourth-order valence-corrected chi connectivity index (χ4v) is 3.31. The molecule has 31 heavy (non-hydrogen) atoms. The van der Waals surface area contributed by atoms with Crippen molar-refractivity contribution in [1.29, 1.82) is 0 Å². The van der Waals surface area contributed by atoms with Crippen molar-refractivity contribution >= 4 is 51.0 Å². The first-order valence-electron chi connectivity index (χ1n) is 9.39. The Labute approximate surface area is 187 Å². The predicted molar refractivity (Wildman–Crippen MR) is 124 cm³/mol. The van der Waals surface area contributed by atoms with Crippen LogP contribution in [-0.4, -0.2) is 30.3 Å². The van der Waals surface area contributed by atoms with Gasteiger partial charge < -0.3 is 15.4 Å². The third-order valence-electron chi connectivity index (χ3n) is 4.39. The van der Waals surface area contributed by atoms with Gasteiger partial charge in [-0.25, -0.2) is 0 Å². The molecule has 0 bridgehead atoms. The third kappa shape index (κ3) is 5.04. The normalized spacial score (nSPS) is 13.8. The summed E-state index contributed by atoms with van der Waals surface area (Å²) in [6.07, 6.45) is 1.49. The molecule has 0 radical (unpaired) electrons. The Balaban J connectivity index is 1.45. The van der Waals surface area contributed by atoms with Gasteiger partial charge in [0.05, 0.1) is 11.9 Å². The van der Waals surface area contributed by atoms with Crippen molar-refractivity contribution in [3.63, 3.8) is 0 Å². The molecule has 4 rings (SSSR count). The van der Waals surface area contributed by atoms with Crippen molar-refractivity contribution in [2.45, 2.75) is 0 Å². The lowest BCUT2D eigenvalue weighted by atomic mass is 10.1. The molecule has 0 unspecified atom stereocenters. The molecule has 0 aromatic heterocycles. The summed E-state index contributed by atoms with van der Waals surface area (Å²) in [5, 5.41) is 13.7. The van der Waals surface area contributed by atoms with E-state index in [4.69, 9.17) is 4.74 Å². The van der Waals surface area contributed by atoms with Crippen LogP contribution in [0.25, 0.3) is 0 Å². The molecular weight excluding hydrogens is 460 g/mol. The number of ether oxygens (including phenoxy) is 1. The van der Waals surface area contributed by atoms with Crippen LogP contribution in [-0.2, 0) is 9.59 Å².